The minimum absolute atomic E-state index is 0.264. The molecule has 9 heteroatoms. The van der Waals surface area contributed by atoms with Gasteiger partial charge in [-0.1, -0.05) is 12.1 Å². The summed E-state index contributed by atoms with van der Waals surface area (Å²) in [6.45, 7) is 1.80. The molecular formula is C22H23N7O2. The third-order valence-corrected chi connectivity index (χ3v) is 5.57. The number of hydrogen-bond donors (Lipinski definition) is 3. The van der Waals surface area contributed by atoms with E-state index < -0.39 is 0 Å². The van der Waals surface area contributed by atoms with E-state index in [9.17, 15) is 4.79 Å². The number of amides is 1. The van der Waals surface area contributed by atoms with Gasteiger partial charge < -0.3 is 19.9 Å². The lowest BCUT2D eigenvalue weighted by Crippen LogP contribution is -2.37. The summed E-state index contributed by atoms with van der Waals surface area (Å²) in [6.07, 6.45) is 3.87. The van der Waals surface area contributed by atoms with Gasteiger partial charge in [-0.05, 0) is 37.1 Å². The Morgan fingerprint density at radius 1 is 1.19 bits per heavy atom. The number of carbonyl (C=O) groups excluding carboxylic acids is 1. The van der Waals surface area contributed by atoms with Gasteiger partial charge in [0.1, 0.15) is 11.5 Å². The summed E-state index contributed by atoms with van der Waals surface area (Å²) >= 11 is 0. The number of anilines is 2. The van der Waals surface area contributed by atoms with Crippen molar-refractivity contribution in [2.45, 2.75) is 18.9 Å². The van der Waals surface area contributed by atoms with E-state index in [1.54, 1.807) is 25.4 Å². The number of para-hydroxylation sites is 2. The van der Waals surface area contributed by atoms with Crippen molar-refractivity contribution >= 4 is 28.6 Å². The molecule has 3 N–H and O–H groups in total. The van der Waals surface area contributed by atoms with Crippen molar-refractivity contribution in [3.63, 3.8) is 0 Å². The molecule has 4 heterocycles. The maximum absolute atomic E-state index is 12.6. The smallest absolute Gasteiger partial charge is 0.258 e. The minimum atomic E-state index is -0.264. The highest BCUT2D eigenvalue weighted by Gasteiger charge is 2.20. The average Bonchev–Trinajstić information content (AvgIpc) is 3.46. The van der Waals surface area contributed by atoms with Crippen LogP contribution >= 0.6 is 0 Å². The molecule has 0 unspecified atom stereocenters. The number of aromatic nitrogens is 5. The van der Waals surface area contributed by atoms with Crippen LogP contribution in [0.5, 0.6) is 0 Å². The molecule has 31 heavy (non-hydrogen) atoms. The van der Waals surface area contributed by atoms with E-state index in [2.05, 4.69) is 35.4 Å². The third kappa shape index (κ3) is 3.99. The number of fused-ring (bicyclic) bond motifs is 1. The molecule has 0 spiro atoms. The standard InChI is InChI=1S/C22H23N7O2/c1-31-15-8-10-29(11-9-15)20-7-6-14(13-23-20)22(30)26-19-12-18(27-28-19)21-24-16-4-2-3-5-17(16)25-21/h2-7,12-13,15H,8-11H2,1H3,(H,24,25)(H2,26,27,28,30). The molecule has 1 aliphatic rings. The Morgan fingerprint density at radius 3 is 2.77 bits per heavy atom. The molecule has 1 amide bonds. The topological polar surface area (TPSA) is 112 Å². The van der Waals surface area contributed by atoms with Crippen molar-refractivity contribution in [3.05, 3.63) is 54.2 Å². The van der Waals surface area contributed by atoms with Crippen LogP contribution in [0.4, 0.5) is 11.6 Å². The molecule has 0 saturated carbocycles. The largest absolute Gasteiger partial charge is 0.381 e. The van der Waals surface area contributed by atoms with Crippen molar-refractivity contribution in [3.8, 4) is 11.5 Å². The van der Waals surface area contributed by atoms with E-state index in [1.807, 2.05) is 30.3 Å². The van der Waals surface area contributed by atoms with E-state index >= 15 is 0 Å². The summed E-state index contributed by atoms with van der Waals surface area (Å²) in [5.41, 5.74) is 2.98. The van der Waals surface area contributed by atoms with E-state index in [0.29, 0.717) is 29.0 Å². The zero-order chi connectivity index (χ0) is 21.2. The summed E-state index contributed by atoms with van der Waals surface area (Å²) in [5, 5.41) is 9.89. The van der Waals surface area contributed by atoms with Crippen molar-refractivity contribution in [1.82, 2.24) is 25.1 Å². The van der Waals surface area contributed by atoms with Gasteiger partial charge in [0.2, 0.25) is 0 Å². The number of imidazole rings is 1. The average molecular weight is 417 g/mol. The Balaban J connectivity index is 1.24. The van der Waals surface area contributed by atoms with E-state index in [1.165, 1.54) is 0 Å². The molecule has 0 aliphatic carbocycles. The van der Waals surface area contributed by atoms with E-state index in [-0.39, 0.29) is 5.91 Å². The zero-order valence-corrected chi connectivity index (χ0v) is 17.1. The summed E-state index contributed by atoms with van der Waals surface area (Å²) in [4.78, 5) is 27.1. The molecule has 1 aromatic carbocycles. The number of nitrogens with zero attached hydrogens (tertiary/aromatic N) is 4. The van der Waals surface area contributed by atoms with Gasteiger partial charge in [0.15, 0.2) is 11.6 Å². The quantitative estimate of drug-likeness (QED) is 0.460. The fourth-order valence-electron chi connectivity index (χ4n) is 3.80. The first-order chi connectivity index (χ1) is 15.2. The number of H-pyrrole nitrogens is 2. The molecule has 5 rings (SSSR count). The Kier molecular flexibility index (Phi) is 5.09. The second kappa shape index (κ2) is 8.19. The van der Waals surface area contributed by atoms with Crippen LogP contribution in [0, 0.1) is 0 Å². The van der Waals surface area contributed by atoms with Gasteiger partial charge in [-0.3, -0.25) is 9.89 Å². The van der Waals surface area contributed by atoms with Crippen LogP contribution in [0.15, 0.2) is 48.7 Å². The van der Waals surface area contributed by atoms with Crippen LogP contribution < -0.4 is 10.2 Å². The second-order valence-electron chi connectivity index (χ2n) is 7.55. The molecule has 1 aliphatic heterocycles. The molecule has 0 radical (unpaired) electrons. The summed E-state index contributed by atoms with van der Waals surface area (Å²) < 4.78 is 5.41. The lowest BCUT2D eigenvalue weighted by atomic mass is 10.1. The lowest BCUT2D eigenvalue weighted by Gasteiger charge is -2.32. The Morgan fingerprint density at radius 2 is 2.03 bits per heavy atom. The molecular weight excluding hydrogens is 394 g/mol. The van der Waals surface area contributed by atoms with Gasteiger partial charge in [-0.25, -0.2) is 9.97 Å². The van der Waals surface area contributed by atoms with Gasteiger partial charge in [0, 0.05) is 32.5 Å². The SMILES string of the molecule is COC1CCN(c2ccc(C(=O)Nc3cc(-c4nc5ccccc5[nH]4)[nH]n3)cn2)CC1. The third-order valence-electron chi connectivity index (χ3n) is 5.57. The fraction of sp³-hybridized carbons (Fsp3) is 0.273. The molecule has 4 aromatic rings. The monoisotopic (exact) mass is 417 g/mol. The summed E-state index contributed by atoms with van der Waals surface area (Å²) in [7, 11) is 1.75. The molecule has 0 atom stereocenters. The number of hydrogen-bond acceptors (Lipinski definition) is 6. The zero-order valence-electron chi connectivity index (χ0n) is 17.1. The van der Waals surface area contributed by atoms with Crippen molar-refractivity contribution in [2.75, 3.05) is 30.4 Å². The first-order valence-corrected chi connectivity index (χ1v) is 10.3. The number of rotatable bonds is 5. The fourth-order valence-corrected chi connectivity index (χ4v) is 3.80. The number of piperidine rings is 1. The van der Waals surface area contributed by atoms with E-state index in [0.717, 1.165) is 42.8 Å². The molecule has 158 valence electrons. The predicted octanol–water partition coefficient (Wildman–Crippen LogP) is 3.22. The number of aromatic amines is 2. The van der Waals surface area contributed by atoms with Crippen LogP contribution in [0.3, 0.4) is 0 Å². The van der Waals surface area contributed by atoms with Gasteiger partial charge in [0.25, 0.3) is 5.91 Å². The van der Waals surface area contributed by atoms with E-state index in [4.69, 9.17) is 4.74 Å². The normalized spacial score (nSPS) is 14.8. The van der Waals surface area contributed by atoms with Crippen molar-refractivity contribution in [2.24, 2.45) is 0 Å². The first-order valence-electron chi connectivity index (χ1n) is 10.3. The minimum Gasteiger partial charge on any atom is -0.381 e. The van der Waals surface area contributed by atoms with Crippen LogP contribution in [0.25, 0.3) is 22.6 Å². The van der Waals surface area contributed by atoms with Crippen LogP contribution in [0.1, 0.15) is 23.2 Å². The first kappa shape index (κ1) is 19.3. The lowest BCUT2D eigenvalue weighted by molar-refractivity contribution is 0.0818. The Bertz CT molecular complexity index is 1160. The van der Waals surface area contributed by atoms with Gasteiger partial charge in [-0.2, -0.15) is 5.10 Å². The highest BCUT2D eigenvalue weighted by atomic mass is 16.5. The van der Waals surface area contributed by atoms with Crippen LogP contribution in [-0.2, 0) is 4.74 Å². The number of ether oxygens (including phenoxy) is 1. The maximum atomic E-state index is 12.6. The summed E-state index contributed by atoms with van der Waals surface area (Å²) in [5.74, 6) is 1.70. The van der Waals surface area contributed by atoms with Crippen molar-refractivity contribution < 1.29 is 9.53 Å². The number of nitrogens with one attached hydrogen (secondary N) is 3. The Hall–Kier alpha value is -3.72. The number of pyridine rings is 1. The van der Waals surface area contributed by atoms with Crippen LogP contribution in [-0.4, -0.2) is 57.4 Å². The highest BCUT2D eigenvalue weighted by Crippen LogP contribution is 2.22. The van der Waals surface area contributed by atoms with Gasteiger partial charge in [0.05, 0.1) is 22.7 Å². The van der Waals surface area contributed by atoms with Crippen molar-refractivity contribution in [1.29, 1.82) is 0 Å². The molecule has 9 nitrogen and oxygen atoms in total. The highest BCUT2D eigenvalue weighted by molar-refractivity contribution is 6.03. The molecule has 1 fully saturated rings. The Labute approximate surface area is 178 Å². The molecule has 1 saturated heterocycles. The number of benzene rings is 1. The van der Waals surface area contributed by atoms with Gasteiger partial charge >= 0.3 is 0 Å². The molecule has 3 aromatic heterocycles. The summed E-state index contributed by atoms with van der Waals surface area (Å²) in [6, 6.07) is 13.2. The molecule has 0 bridgehead atoms. The predicted molar refractivity (Wildman–Crippen MR) is 118 cm³/mol. The second-order valence-corrected chi connectivity index (χ2v) is 7.55. The van der Waals surface area contributed by atoms with Gasteiger partial charge in [-0.15, -0.1) is 0 Å². The maximum Gasteiger partial charge on any atom is 0.258 e. The van der Waals surface area contributed by atoms with Crippen LogP contribution in [0.2, 0.25) is 0 Å². The number of methoxy groups -OCH3 is 1. The number of carbonyl (C=O) groups is 1.